The van der Waals surface area contributed by atoms with E-state index in [0.29, 0.717) is 12.0 Å². The Balaban J connectivity index is 2.19. The summed E-state index contributed by atoms with van der Waals surface area (Å²) in [5.74, 6) is 0.146. The maximum Gasteiger partial charge on any atom is 0.233 e. The van der Waals surface area contributed by atoms with Crippen molar-refractivity contribution >= 4 is 5.91 Å². The Hall–Kier alpha value is -0.570. The van der Waals surface area contributed by atoms with Crippen molar-refractivity contribution in [2.45, 2.75) is 52.4 Å². The van der Waals surface area contributed by atoms with Gasteiger partial charge in [0.15, 0.2) is 0 Å². The van der Waals surface area contributed by atoms with Gasteiger partial charge in [-0.2, -0.15) is 0 Å². The SMILES string of the molecule is CCCNCC(=O)NCC1(CC)CCCC1. The number of carbonyl (C=O) groups excluding carboxylic acids is 1. The van der Waals surface area contributed by atoms with Crippen LogP contribution in [0.3, 0.4) is 0 Å². The molecule has 16 heavy (non-hydrogen) atoms. The van der Waals surface area contributed by atoms with E-state index in [4.69, 9.17) is 0 Å². The second-order valence-corrected chi connectivity index (χ2v) is 5.01. The highest BCUT2D eigenvalue weighted by Gasteiger charge is 2.31. The minimum Gasteiger partial charge on any atom is -0.354 e. The summed E-state index contributed by atoms with van der Waals surface area (Å²) in [4.78, 5) is 11.6. The largest absolute Gasteiger partial charge is 0.354 e. The number of hydrogen-bond acceptors (Lipinski definition) is 2. The van der Waals surface area contributed by atoms with Crippen LogP contribution in [-0.2, 0) is 4.79 Å². The zero-order valence-corrected chi connectivity index (χ0v) is 10.8. The van der Waals surface area contributed by atoms with Gasteiger partial charge in [0.2, 0.25) is 5.91 Å². The molecule has 0 spiro atoms. The highest BCUT2D eigenvalue weighted by molar-refractivity contribution is 5.78. The fraction of sp³-hybridized carbons (Fsp3) is 0.923. The van der Waals surface area contributed by atoms with E-state index in [9.17, 15) is 4.79 Å². The van der Waals surface area contributed by atoms with Gasteiger partial charge in [-0.25, -0.2) is 0 Å². The van der Waals surface area contributed by atoms with Crippen molar-refractivity contribution in [1.29, 1.82) is 0 Å². The van der Waals surface area contributed by atoms with Crippen LogP contribution in [0.4, 0.5) is 0 Å². The van der Waals surface area contributed by atoms with Crippen molar-refractivity contribution in [3.63, 3.8) is 0 Å². The fourth-order valence-corrected chi connectivity index (χ4v) is 2.51. The van der Waals surface area contributed by atoms with Crippen LogP contribution >= 0.6 is 0 Å². The standard InChI is InChI=1S/C13H26N2O/c1-3-9-14-10-12(16)15-11-13(4-2)7-5-6-8-13/h14H,3-11H2,1-2H3,(H,15,16). The van der Waals surface area contributed by atoms with E-state index in [1.807, 2.05) is 0 Å². The first kappa shape index (κ1) is 13.5. The summed E-state index contributed by atoms with van der Waals surface area (Å²) < 4.78 is 0. The summed E-state index contributed by atoms with van der Waals surface area (Å²) in [5, 5.41) is 6.20. The topological polar surface area (TPSA) is 41.1 Å². The lowest BCUT2D eigenvalue weighted by Crippen LogP contribution is -2.40. The van der Waals surface area contributed by atoms with E-state index in [0.717, 1.165) is 19.5 Å². The molecule has 94 valence electrons. The van der Waals surface area contributed by atoms with Crippen LogP contribution in [0, 0.1) is 5.41 Å². The molecule has 1 aliphatic rings. The lowest BCUT2D eigenvalue weighted by atomic mass is 9.83. The minimum absolute atomic E-state index is 0.146. The molecule has 0 atom stereocenters. The predicted octanol–water partition coefficient (Wildman–Crippen LogP) is 2.07. The van der Waals surface area contributed by atoms with E-state index in [1.165, 1.54) is 32.1 Å². The van der Waals surface area contributed by atoms with E-state index in [-0.39, 0.29) is 5.91 Å². The number of nitrogens with one attached hydrogen (secondary N) is 2. The van der Waals surface area contributed by atoms with Crippen LogP contribution in [-0.4, -0.2) is 25.5 Å². The van der Waals surface area contributed by atoms with E-state index >= 15 is 0 Å². The Labute approximate surface area is 99.4 Å². The minimum atomic E-state index is 0.146. The number of rotatable bonds is 7. The Kier molecular flexibility index (Phi) is 5.81. The molecule has 0 bridgehead atoms. The molecule has 0 unspecified atom stereocenters. The normalized spacial score (nSPS) is 18.6. The van der Waals surface area contributed by atoms with Crippen LogP contribution in [0.25, 0.3) is 0 Å². The third kappa shape index (κ3) is 4.12. The van der Waals surface area contributed by atoms with E-state index in [1.54, 1.807) is 0 Å². The Morgan fingerprint density at radius 1 is 1.25 bits per heavy atom. The summed E-state index contributed by atoms with van der Waals surface area (Å²) in [6, 6.07) is 0. The van der Waals surface area contributed by atoms with Gasteiger partial charge in [0.1, 0.15) is 0 Å². The average molecular weight is 226 g/mol. The maximum atomic E-state index is 11.6. The van der Waals surface area contributed by atoms with Crippen molar-refractivity contribution < 1.29 is 4.79 Å². The second-order valence-electron chi connectivity index (χ2n) is 5.01. The van der Waals surface area contributed by atoms with Gasteiger partial charge in [-0.05, 0) is 37.6 Å². The van der Waals surface area contributed by atoms with Crippen molar-refractivity contribution in [3.05, 3.63) is 0 Å². The lowest BCUT2D eigenvalue weighted by molar-refractivity contribution is -0.120. The van der Waals surface area contributed by atoms with Crippen LogP contribution in [0.1, 0.15) is 52.4 Å². The highest BCUT2D eigenvalue weighted by Crippen LogP contribution is 2.40. The van der Waals surface area contributed by atoms with Crippen LogP contribution in [0.5, 0.6) is 0 Å². The third-order valence-corrected chi connectivity index (χ3v) is 3.79. The molecule has 1 saturated carbocycles. The molecule has 0 aromatic rings. The molecular weight excluding hydrogens is 200 g/mol. The van der Waals surface area contributed by atoms with Gasteiger partial charge in [-0.15, -0.1) is 0 Å². The molecule has 1 aliphatic carbocycles. The summed E-state index contributed by atoms with van der Waals surface area (Å²) in [6.45, 7) is 6.61. The zero-order chi connectivity index (χ0) is 11.9. The van der Waals surface area contributed by atoms with Gasteiger partial charge in [0.25, 0.3) is 0 Å². The number of amides is 1. The highest BCUT2D eigenvalue weighted by atomic mass is 16.1. The van der Waals surface area contributed by atoms with Gasteiger partial charge in [0, 0.05) is 6.54 Å². The molecule has 0 aliphatic heterocycles. The molecule has 0 aromatic carbocycles. The molecule has 3 heteroatoms. The summed E-state index contributed by atoms with van der Waals surface area (Å²) >= 11 is 0. The maximum absolute atomic E-state index is 11.6. The number of hydrogen-bond donors (Lipinski definition) is 2. The van der Waals surface area contributed by atoms with Crippen LogP contribution in [0.15, 0.2) is 0 Å². The first-order chi connectivity index (χ1) is 7.72. The molecule has 0 radical (unpaired) electrons. The van der Waals surface area contributed by atoms with Gasteiger partial charge < -0.3 is 10.6 Å². The van der Waals surface area contributed by atoms with Crippen molar-refractivity contribution in [2.75, 3.05) is 19.6 Å². The average Bonchev–Trinajstić information content (AvgIpc) is 2.76. The molecule has 1 amide bonds. The van der Waals surface area contributed by atoms with Gasteiger partial charge in [0.05, 0.1) is 6.54 Å². The second kappa shape index (κ2) is 6.89. The molecule has 1 fully saturated rings. The molecule has 0 saturated heterocycles. The molecular formula is C13H26N2O. The van der Waals surface area contributed by atoms with Crippen molar-refractivity contribution in [3.8, 4) is 0 Å². The monoisotopic (exact) mass is 226 g/mol. The van der Waals surface area contributed by atoms with Crippen LogP contribution < -0.4 is 10.6 Å². The molecule has 1 rings (SSSR count). The van der Waals surface area contributed by atoms with E-state index in [2.05, 4.69) is 24.5 Å². The van der Waals surface area contributed by atoms with Gasteiger partial charge in [-0.1, -0.05) is 26.7 Å². The first-order valence-electron chi connectivity index (χ1n) is 6.70. The Bertz CT molecular complexity index is 210. The Morgan fingerprint density at radius 3 is 2.50 bits per heavy atom. The Morgan fingerprint density at radius 2 is 1.94 bits per heavy atom. The quantitative estimate of drug-likeness (QED) is 0.653. The first-order valence-corrected chi connectivity index (χ1v) is 6.70. The zero-order valence-electron chi connectivity index (χ0n) is 10.8. The van der Waals surface area contributed by atoms with Gasteiger partial charge in [-0.3, -0.25) is 4.79 Å². The third-order valence-electron chi connectivity index (χ3n) is 3.79. The fourth-order valence-electron chi connectivity index (χ4n) is 2.51. The molecule has 0 aromatic heterocycles. The van der Waals surface area contributed by atoms with Crippen molar-refractivity contribution in [2.24, 2.45) is 5.41 Å². The molecule has 3 nitrogen and oxygen atoms in total. The summed E-state index contributed by atoms with van der Waals surface area (Å²) in [6.07, 6.45) is 7.50. The predicted molar refractivity (Wildman–Crippen MR) is 67.4 cm³/mol. The summed E-state index contributed by atoms with van der Waals surface area (Å²) in [5.41, 5.74) is 0.403. The molecule has 0 heterocycles. The molecule has 2 N–H and O–H groups in total. The lowest BCUT2D eigenvalue weighted by Gasteiger charge is -2.27. The van der Waals surface area contributed by atoms with E-state index < -0.39 is 0 Å². The van der Waals surface area contributed by atoms with Crippen LogP contribution in [0.2, 0.25) is 0 Å². The van der Waals surface area contributed by atoms with Gasteiger partial charge >= 0.3 is 0 Å². The smallest absolute Gasteiger partial charge is 0.233 e. The summed E-state index contributed by atoms with van der Waals surface area (Å²) in [7, 11) is 0. The van der Waals surface area contributed by atoms with Crippen molar-refractivity contribution in [1.82, 2.24) is 10.6 Å². The number of carbonyl (C=O) groups is 1.